The van der Waals surface area contributed by atoms with Crippen LogP contribution in [0.1, 0.15) is 47.4 Å². The van der Waals surface area contributed by atoms with Gasteiger partial charge in [-0.05, 0) is 57.0 Å². The molecular weight excluding hydrogens is 508 g/mol. The number of carbonyl (C=O) groups excluding carboxylic acids is 2. The van der Waals surface area contributed by atoms with Crippen LogP contribution in [0, 0.1) is 13.8 Å². The van der Waals surface area contributed by atoms with E-state index >= 15 is 0 Å². The summed E-state index contributed by atoms with van der Waals surface area (Å²) in [6, 6.07) is 16.1. The average molecular weight is 541 g/mol. The van der Waals surface area contributed by atoms with Gasteiger partial charge in [0.05, 0.1) is 4.90 Å². The number of para-hydroxylation sites is 1. The molecule has 1 aromatic heterocycles. The van der Waals surface area contributed by atoms with Crippen LogP contribution >= 0.6 is 0 Å². The molecule has 38 heavy (non-hydrogen) atoms. The monoisotopic (exact) mass is 540 g/mol. The molecule has 0 spiro atoms. The minimum atomic E-state index is -3.68. The molecule has 1 N–H and O–H groups in total. The van der Waals surface area contributed by atoms with Crippen molar-refractivity contribution in [2.75, 3.05) is 26.4 Å². The van der Waals surface area contributed by atoms with E-state index in [4.69, 9.17) is 14.2 Å². The Kier molecular flexibility index (Phi) is 8.85. The maximum atomic E-state index is 12.7. The van der Waals surface area contributed by atoms with Gasteiger partial charge in [0, 0.05) is 41.7 Å². The summed E-state index contributed by atoms with van der Waals surface area (Å²) in [6.45, 7) is 4.54. The zero-order valence-corrected chi connectivity index (χ0v) is 22.4. The Morgan fingerprint density at radius 1 is 0.947 bits per heavy atom. The number of carbonyl (C=O) groups is 2. The Bertz CT molecular complexity index is 1400. The third-order valence-corrected chi connectivity index (χ3v) is 7.74. The zero-order valence-electron chi connectivity index (χ0n) is 21.6. The maximum Gasteiger partial charge on any atom is 0.306 e. The number of sulfonamides is 1. The molecule has 2 aromatic carbocycles. The molecule has 0 amide bonds. The number of ether oxygens (including phenoxy) is 3. The van der Waals surface area contributed by atoms with Gasteiger partial charge in [-0.2, -0.15) is 0 Å². The second kappa shape index (κ2) is 12.3. The average Bonchev–Trinajstić information content (AvgIpc) is 3.22. The largest absolute Gasteiger partial charge is 0.486 e. The minimum absolute atomic E-state index is 0.111. The molecule has 0 fully saturated rings. The topological polar surface area (TPSA) is 113 Å². The smallest absolute Gasteiger partial charge is 0.306 e. The van der Waals surface area contributed by atoms with Crippen LogP contribution in [-0.4, -0.2) is 51.1 Å². The van der Waals surface area contributed by atoms with Crippen LogP contribution in [0.15, 0.2) is 59.5 Å². The second-order valence-electron chi connectivity index (χ2n) is 9.05. The minimum Gasteiger partial charge on any atom is -0.486 e. The van der Waals surface area contributed by atoms with Gasteiger partial charge in [0.2, 0.25) is 15.8 Å². The second-order valence-corrected chi connectivity index (χ2v) is 10.8. The molecule has 0 atom stereocenters. The van der Waals surface area contributed by atoms with Crippen LogP contribution in [0.2, 0.25) is 0 Å². The third-order valence-electron chi connectivity index (χ3n) is 6.28. The van der Waals surface area contributed by atoms with E-state index in [0.717, 1.165) is 17.1 Å². The molecule has 0 unspecified atom stereocenters. The first kappa shape index (κ1) is 27.4. The van der Waals surface area contributed by atoms with E-state index in [1.807, 2.05) is 54.8 Å². The van der Waals surface area contributed by atoms with E-state index in [1.165, 1.54) is 12.1 Å². The summed E-state index contributed by atoms with van der Waals surface area (Å²) >= 11 is 0. The van der Waals surface area contributed by atoms with Gasteiger partial charge in [0.15, 0.2) is 18.1 Å². The van der Waals surface area contributed by atoms with Gasteiger partial charge >= 0.3 is 5.97 Å². The lowest BCUT2D eigenvalue weighted by molar-refractivity contribution is -0.142. The van der Waals surface area contributed by atoms with Crippen LogP contribution < -0.4 is 14.2 Å². The van der Waals surface area contributed by atoms with Crippen molar-refractivity contribution in [3.63, 3.8) is 0 Å². The molecule has 0 saturated heterocycles. The number of esters is 1. The number of rotatable bonds is 12. The van der Waals surface area contributed by atoms with Crippen molar-refractivity contribution < 1.29 is 32.2 Å². The highest BCUT2D eigenvalue weighted by Gasteiger charge is 2.20. The molecule has 9 nitrogen and oxygen atoms in total. The lowest BCUT2D eigenvalue weighted by atomic mass is 10.1. The Morgan fingerprint density at radius 2 is 1.68 bits per heavy atom. The van der Waals surface area contributed by atoms with Crippen molar-refractivity contribution in [2.24, 2.45) is 0 Å². The first-order valence-corrected chi connectivity index (χ1v) is 14.1. The quantitative estimate of drug-likeness (QED) is 0.209. The highest BCUT2D eigenvalue weighted by molar-refractivity contribution is 7.89. The van der Waals surface area contributed by atoms with Crippen LogP contribution in [0.3, 0.4) is 0 Å². The van der Waals surface area contributed by atoms with Gasteiger partial charge in [-0.25, -0.2) is 13.1 Å². The number of aryl methyl sites for hydroxylation is 1. The maximum absolute atomic E-state index is 12.7. The van der Waals surface area contributed by atoms with Gasteiger partial charge in [0.1, 0.15) is 13.2 Å². The lowest BCUT2D eigenvalue weighted by Crippen LogP contribution is -2.25. The Hall–Kier alpha value is -3.63. The highest BCUT2D eigenvalue weighted by Crippen LogP contribution is 2.32. The standard InChI is InChI=1S/C28H32N2O7S/c1-20-17-24(21(2)30(20)22-9-5-3-6-10-22)25(31)19-37-28(32)11-7-4-8-14-29-38(33,34)23-12-13-26-27(18-23)36-16-15-35-26/h3,5-6,9-10,12-13,17-18,29H,4,7-8,11,14-16,19H2,1-2H3. The molecule has 1 aliphatic heterocycles. The van der Waals surface area contributed by atoms with Crippen molar-refractivity contribution in [1.82, 2.24) is 9.29 Å². The fourth-order valence-corrected chi connectivity index (χ4v) is 5.46. The van der Waals surface area contributed by atoms with Gasteiger partial charge in [0.25, 0.3) is 0 Å². The first-order valence-electron chi connectivity index (χ1n) is 12.6. The predicted molar refractivity (Wildman–Crippen MR) is 142 cm³/mol. The van der Waals surface area contributed by atoms with E-state index < -0.39 is 16.0 Å². The molecule has 10 heteroatoms. The Balaban J connectivity index is 1.16. The number of nitrogens with one attached hydrogen (secondary N) is 1. The molecule has 0 saturated carbocycles. The summed E-state index contributed by atoms with van der Waals surface area (Å²) in [6.07, 6.45) is 1.87. The van der Waals surface area contributed by atoms with Crippen LogP contribution in [0.5, 0.6) is 11.5 Å². The van der Waals surface area contributed by atoms with E-state index in [0.29, 0.717) is 49.5 Å². The fourth-order valence-electron chi connectivity index (χ4n) is 4.37. The third kappa shape index (κ3) is 6.62. The number of aromatic nitrogens is 1. The number of unbranched alkanes of at least 4 members (excludes halogenated alkanes) is 2. The molecule has 1 aliphatic rings. The summed E-state index contributed by atoms with van der Waals surface area (Å²) in [5.74, 6) is 0.240. The van der Waals surface area contributed by atoms with Gasteiger partial charge < -0.3 is 18.8 Å². The Morgan fingerprint density at radius 3 is 2.45 bits per heavy atom. The van der Waals surface area contributed by atoms with E-state index in [2.05, 4.69) is 4.72 Å². The molecular formula is C28H32N2O7S. The van der Waals surface area contributed by atoms with Gasteiger partial charge in [-0.1, -0.05) is 24.6 Å². The summed E-state index contributed by atoms with van der Waals surface area (Å²) in [5.41, 5.74) is 3.22. The van der Waals surface area contributed by atoms with Crippen LogP contribution in [-0.2, 0) is 19.6 Å². The molecule has 0 radical (unpaired) electrons. The zero-order chi connectivity index (χ0) is 27.1. The highest BCUT2D eigenvalue weighted by atomic mass is 32.2. The molecule has 2 heterocycles. The van der Waals surface area contributed by atoms with Crippen LogP contribution in [0.4, 0.5) is 0 Å². The van der Waals surface area contributed by atoms with Crippen molar-refractivity contribution in [3.8, 4) is 17.2 Å². The molecule has 4 rings (SSSR count). The van der Waals surface area contributed by atoms with E-state index in [1.54, 1.807) is 6.07 Å². The summed E-state index contributed by atoms with van der Waals surface area (Å²) in [4.78, 5) is 25.0. The molecule has 0 bridgehead atoms. The number of ketones is 1. The molecule has 3 aromatic rings. The number of nitrogens with zero attached hydrogens (tertiary/aromatic N) is 1. The van der Waals surface area contributed by atoms with Crippen molar-refractivity contribution >= 4 is 21.8 Å². The number of fused-ring (bicyclic) bond motifs is 1. The first-order chi connectivity index (χ1) is 18.3. The fraction of sp³-hybridized carbons (Fsp3) is 0.357. The molecule has 0 aliphatic carbocycles. The van der Waals surface area contributed by atoms with E-state index in [-0.39, 0.29) is 30.3 Å². The van der Waals surface area contributed by atoms with Crippen molar-refractivity contribution in [3.05, 3.63) is 71.5 Å². The number of hydrogen-bond acceptors (Lipinski definition) is 7. The predicted octanol–water partition coefficient (Wildman–Crippen LogP) is 4.13. The van der Waals surface area contributed by atoms with Gasteiger partial charge in [-0.15, -0.1) is 0 Å². The lowest BCUT2D eigenvalue weighted by Gasteiger charge is -2.18. The number of hydrogen-bond donors (Lipinski definition) is 1. The van der Waals surface area contributed by atoms with Crippen LogP contribution in [0.25, 0.3) is 5.69 Å². The van der Waals surface area contributed by atoms with E-state index in [9.17, 15) is 18.0 Å². The summed E-state index contributed by atoms with van der Waals surface area (Å²) in [5, 5.41) is 0. The Labute approximate surface area is 222 Å². The summed E-state index contributed by atoms with van der Waals surface area (Å²) in [7, 11) is -3.68. The number of Topliss-reactive ketones (excluding diaryl/α,β-unsaturated/α-hetero) is 1. The molecule has 202 valence electrons. The number of benzene rings is 2. The van der Waals surface area contributed by atoms with Crippen molar-refractivity contribution in [1.29, 1.82) is 0 Å². The summed E-state index contributed by atoms with van der Waals surface area (Å²) < 4.78 is 45.7. The SMILES string of the molecule is Cc1cc(C(=O)COC(=O)CCCCCNS(=O)(=O)c2ccc3c(c2)OCCO3)c(C)n1-c1ccccc1. The normalized spacial score (nSPS) is 12.8. The van der Waals surface area contributed by atoms with Crippen molar-refractivity contribution in [2.45, 2.75) is 44.4 Å². The van der Waals surface area contributed by atoms with Gasteiger partial charge in [-0.3, -0.25) is 9.59 Å².